The normalized spacial score (nSPS) is 22.4. The molecule has 0 amide bonds. The van der Waals surface area contributed by atoms with Crippen LogP contribution in [0.4, 0.5) is 10.9 Å². The molecule has 0 unspecified atom stereocenters. The Morgan fingerprint density at radius 2 is 1.91 bits per heavy atom. The molecule has 1 aliphatic heterocycles. The largest absolute Gasteiger partial charge is 0.424 e. The molecule has 11 heteroatoms. The molecular weight excluding hydrogens is 472 g/mol. The van der Waals surface area contributed by atoms with Crippen molar-refractivity contribution in [2.45, 2.75) is 50.6 Å². The van der Waals surface area contributed by atoms with Gasteiger partial charge in [0, 0.05) is 25.4 Å². The molecule has 182 valence electrons. The topological polar surface area (TPSA) is 102 Å². The molecule has 1 aliphatic carbocycles. The number of hydrogen-bond donors (Lipinski definition) is 1. The van der Waals surface area contributed by atoms with E-state index in [1.165, 1.54) is 30.2 Å². The molecule has 0 spiro atoms. The van der Waals surface area contributed by atoms with Gasteiger partial charge in [-0.2, -0.15) is 9.36 Å². The summed E-state index contributed by atoms with van der Waals surface area (Å²) >= 11 is 1.58. The average molecular weight is 503 g/mol. The second-order valence-corrected chi connectivity index (χ2v) is 12.4. The quantitative estimate of drug-likeness (QED) is 0.514. The molecule has 9 nitrogen and oxygen atoms in total. The molecule has 1 saturated heterocycles. The molecule has 3 aromatic rings. The van der Waals surface area contributed by atoms with Gasteiger partial charge in [-0.1, -0.05) is 6.07 Å². The fourth-order valence-electron chi connectivity index (χ4n) is 4.94. The zero-order valence-electron chi connectivity index (χ0n) is 19.8. The Bertz CT molecular complexity index is 1270. The van der Waals surface area contributed by atoms with Gasteiger partial charge in [0.15, 0.2) is 9.84 Å². The van der Waals surface area contributed by atoms with Crippen LogP contribution in [0.3, 0.4) is 0 Å². The highest BCUT2D eigenvalue weighted by Crippen LogP contribution is 2.41. The van der Waals surface area contributed by atoms with Crippen molar-refractivity contribution in [2.75, 3.05) is 29.6 Å². The van der Waals surface area contributed by atoms with Gasteiger partial charge in [-0.15, -0.1) is 5.10 Å². The van der Waals surface area contributed by atoms with Crippen molar-refractivity contribution in [3.63, 3.8) is 0 Å². The first kappa shape index (κ1) is 23.1. The number of piperidine rings is 1. The number of hydrogen-bond acceptors (Lipinski definition) is 9. The molecule has 5 rings (SSSR count). The van der Waals surface area contributed by atoms with Crippen LogP contribution in [0.25, 0.3) is 0 Å². The van der Waals surface area contributed by atoms with Crippen LogP contribution in [-0.4, -0.2) is 52.9 Å². The summed E-state index contributed by atoms with van der Waals surface area (Å²) in [6.07, 6.45) is 3.55. The predicted molar refractivity (Wildman–Crippen MR) is 133 cm³/mol. The van der Waals surface area contributed by atoms with Crippen LogP contribution in [0.5, 0.6) is 11.8 Å². The van der Waals surface area contributed by atoms with Crippen LogP contribution in [0.15, 0.2) is 35.2 Å². The number of rotatable bonds is 7. The molecule has 3 heterocycles. The van der Waals surface area contributed by atoms with Gasteiger partial charge in [0.25, 0.3) is 0 Å². The van der Waals surface area contributed by atoms with Crippen molar-refractivity contribution in [2.24, 2.45) is 11.8 Å². The second-order valence-electron chi connectivity index (χ2n) is 9.58. The van der Waals surface area contributed by atoms with Gasteiger partial charge in [-0.05, 0) is 81.2 Å². The molecule has 2 aliphatic rings. The zero-order valence-corrected chi connectivity index (χ0v) is 21.4. The van der Waals surface area contributed by atoms with E-state index in [4.69, 9.17) is 4.74 Å². The molecule has 0 radical (unpaired) electrons. The summed E-state index contributed by atoms with van der Waals surface area (Å²) in [7, 11) is -3.33. The highest BCUT2D eigenvalue weighted by molar-refractivity contribution is 7.90. The summed E-state index contributed by atoms with van der Waals surface area (Å²) < 4.78 is 36.0. The molecule has 1 N–H and O–H groups in total. The monoisotopic (exact) mass is 502 g/mol. The van der Waals surface area contributed by atoms with Crippen molar-refractivity contribution < 1.29 is 13.2 Å². The van der Waals surface area contributed by atoms with Crippen LogP contribution in [0, 0.1) is 18.8 Å². The SMILES string of the molecule is Cc1cc(N2C[C@H]3CC[C@@H](C2)[C@@H]3Nc2nc(Oc3cccc(S(C)(=O)=O)c3)n(C(C)C)n2)sn1. The van der Waals surface area contributed by atoms with E-state index in [0.29, 0.717) is 35.6 Å². The van der Waals surface area contributed by atoms with Crippen molar-refractivity contribution in [3.05, 3.63) is 36.0 Å². The van der Waals surface area contributed by atoms with Crippen molar-refractivity contribution in [1.82, 2.24) is 19.1 Å². The third-order valence-electron chi connectivity index (χ3n) is 6.59. The van der Waals surface area contributed by atoms with E-state index in [0.717, 1.165) is 18.8 Å². The Hall–Kier alpha value is -2.66. The van der Waals surface area contributed by atoms with E-state index in [9.17, 15) is 8.42 Å². The number of benzene rings is 1. The summed E-state index contributed by atoms with van der Waals surface area (Å²) in [5, 5.41) is 9.53. The summed E-state index contributed by atoms with van der Waals surface area (Å²) in [4.78, 5) is 7.31. The molecule has 2 aromatic heterocycles. The molecule has 1 aromatic carbocycles. The molecular formula is C23H30N6O3S2. The third kappa shape index (κ3) is 4.63. The van der Waals surface area contributed by atoms with Crippen LogP contribution in [0.2, 0.25) is 0 Å². The predicted octanol–water partition coefficient (Wildman–Crippen LogP) is 4.15. The molecule has 2 fully saturated rings. The summed E-state index contributed by atoms with van der Waals surface area (Å²) in [6.45, 7) is 8.07. The number of aryl methyl sites for hydroxylation is 1. The van der Waals surface area contributed by atoms with Crippen LogP contribution in [0.1, 0.15) is 38.4 Å². The number of anilines is 2. The smallest absolute Gasteiger partial charge is 0.322 e. The van der Waals surface area contributed by atoms with E-state index in [1.807, 2.05) is 20.8 Å². The standard InChI is InChI=1S/C23H30N6O3S2/c1-14(2)29-23(32-18-6-5-7-19(11-18)34(4,30)31)25-22(26-29)24-21-16-8-9-17(21)13-28(12-16)20-10-15(3)27-33-20/h5-7,10-11,14,16-17,21H,8-9,12-13H2,1-4H3,(H,24,26)/t16-,17+,21-. The van der Waals surface area contributed by atoms with Crippen molar-refractivity contribution >= 4 is 32.3 Å². The number of nitrogens with one attached hydrogen (secondary N) is 1. The minimum absolute atomic E-state index is 0.0317. The minimum atomic E-state index is -3.33. The first-order valence-electron chi connectivity index (χ1n) is 11.6. The lowest BCUT2D eigenvalue weighted by Gasteiger charge is -2.38. The fourth-order valence-corrected chi connectivity index (χ4v) is 6.37. The average Bonchev–Trinajstić information content (AvgIpc) is 3.44. The highest BCUT2D eigenvalue weighted by Gasteiger charge is 2.43. The van der Waals surface area contributed by atoms with Crippen LogP contribution < -0.4 is 15.0 Å². The van der Waals surface area contributed by atoms with Gasteiger partial charge < -0.3 is 15.0 Å². The van der Waals surface area contributed by atoms with Crippen LogP contribution in [-0.2, 0) is 9.84 Å². The molecule has 3 atom stereocenters. The van der Waals surface area contributed by atoms with Crippen LogP contribution >= 0.6 is 11.5 Å². The lowest BCUT2D eigenvalue weighted by molar-refractivity contribution is 0.374. The number of sulfone groups is 1. The first-order valence-corrected chi connectivity index (χ1v) is 14.2. The van der Waals surface area contributed by atoms with E-state index in [1.54, 1.807) is 34.4 Å². The summed E-state index contributed by atoms with van der Waals surface area (Å²) in [5.74, 6) is 2.00. The zero-order chi connectivity index (χ0) is 24.0. The Morgan fingerprint density at radius 1 is 1.18 bits per heavy atom. The van der Waals surface area contributed by atoms with E-state index in [-0.39, 0.29) is 10.9 Å². The van der Waals surface area contributed by atoms with Gasteiger partial charge in [0.2, 0.25) is 5.95 Å². The van der Waals surface area contributed by atoms with Crippen molar-refractivity contribution in [1.29, 1.82) is 0 Å². The lowest BCUT2D eigenvalue weighted by Crippen LogP contribution is -2.48. The first-order chi connectivity index (χ1) is 16.2. The van der Waals surface area contributed by atoms with E-state index >= 15 is 0 Å². The van der Waals surface area contributed by atoms with Gasteiger partial charge in [-0.25, -0.2) is 13.1 Å². The van der Waals surface area contributed by atoms with E-state index < -0.39 is 9.84 Å². The van der Waals surface area contributed by atoms with Gasteiger partial charge >= 0.3 is 6.01 Å². The highest BCUT2D eigenvalue weighted by atomic mass is 32.2. The Kier molecular flexibility index (Phi) is 6.01. The Morgan fingerprint density at radius 3 is 2.53 bits per heavy atom. The summed E-state index contributed by atoms with van der Waals surface area (Å²) in [6, 6.07) is 9.31. The van der Waals surface area contributed by atoms with Gasteiger partial charge in [-0.3, -0.25) is 0 Å². The third-order valence-corrected chi connectivity index (χ3v) is 8.64. The Labute approximate surface area is 204 Å². The van der Waals surface area contributed by atoms with E-state index in [2.05, 4.69) is 30.7 Å². The van der Waals surface area contributed by atoms with Gasteiger partial charge in [0.05, 0.1) is 16.6 Å². The molecule has 34 heavy (non-hydrogen) atoms. The maximum Gasteiger partial charge on any atom is 0.322 e. The number of nitrogens with zero attached hydrogens (tertiary/aromatic N) is 5. The number of fused-ring (bicyclic) bond motifs is 2. The molecule has 1 saturated carbocycles. The minimum Gasteiger partial charge on any atom is -0.424 e. The maximum absolute atomic E-state index is 11.9. The molecule has 2 bridgehead atoms. The van der Waals surface area contributed by atoms with Gasteiger partial charge in [0.1, 0.15) is 10.8 Å². The Balaban J connectivity index is 1.33. The second kappa shape index (κ2) is 8.84. The fraction of sp³-hybridized carbons (Fsp3) is 0.522. The lowest BCUT2D eigenvalue weighted by atomic mass is 9.92. The summed E-state index contributed by atoms with van der Waals surface area (Å²) in [5.41, 5.74) is 1.07. The number of ether oxygens (including phenoxy) is 1. The van der Waals surface area contributed by atoms with Crippen molar-refractivity contribution in [3.8, 4) is 11.8 Å². The maximum atomic E-state index is 11.9. The number of aromatic nitrogens is 4.